The maximum absolute atomic E-state index is 13.9. The molecule has 0 aliphatic carbocycles. The number of likely N-dealkylation sites (tertiary alicyclic amines) is 1. The van der Waals surface area contributed by atoms with Gasteiger partial charge in [-0.2, -0.15) is 18.3 Å². The lowest BCUT2D eigenvalue weighted by molar-refractivity contribution is -0.227. The summed E-state index contributed by atoms with van der Waals surface area (Å²) in [6, 6.07) is 5.71. The highest BCUT2D eigenvalue weighted by atomic mass is 19.4. The van der Waals surface area contributed by atoms with Gasteiger partial charge < -0.3 is 10.0 Å². The Morgan fingerprint density at radius 3 is 2.48 bits per heavy atom. The van der Waals surface area contributed by atoms with Crippen LogP contribution in [-0.4, -0.2) is 50.9 Å². The van der Waals surface area contributed by atoms with Crippen LogP contribution in [0.2, 0.25) is 0 Å². The van der Waals surface area contributed by atoms with E-state index < -0.39 is 42.3 Å². The van der Waals surface area contributed by atoms with Crippen LogP contribution in [0.3, 0.4) is 0 Å². The van der Waals surface area contributed by atoms with Gasteiger partial charge in [0.2, 0.25) is 0 Å². The molecule has 1 saturated heterocycles. The number of hydrogen-bond acceptors (Lipinski definition) is 3. The summed E-state index contributed by atoms with van der Waals surface area (Å²) in [5.74, 6) is -3.36. The molecule has 144 valence electrons. The summed E-state index contributed by atoms with van der Waals surface area (Å²) in [5.41, 5.74) is -2.67. The second kappa shape index (κ2) is 6.36. The number of alkyl halides is 3. The van der Waals surface area contributed by atoms with E-state index in [9.17, 15) is 27.2 Å². The number of rotatable bonds is 3. The zero-order valence-corrected chi connectivity index (χ0v) is 14.1. The van der Waals surface area contributed by atoms with Crippen LogP contribution in [0, 0.1) is 18.2 Å². The second-order valence-corrected chi connectivity index (χ2v) is 6.37. The van der Waals surface area contributed by atoms with Gasteiger partial charge in [-0.15, -0.1) is 0 Å². The molecule has 0 spiro atoms. The van der Waals surface area contributed by atoms with E-state index in [4.69, 9.17) is 5.11 Å². The molecule has 1 aliphatic rings. The van der Waals surface area contributed by atoms with Gasteiger partial charge in [-0.3, -0.25) is 9.59 Å². The van der Waals surface area contributed by atoms with E-state index in [1.54, 1.807) is 6.07 Å². The number of carboxylic acids is 1. The molecule has 27 heavy (non-hydrogen) atoms. The molecule has 10 heteroatoms. The number of aliphatic carboxylic acids is 1. The number of benzene rings is 1. The first-order valence-corrected chi connectivity index (χ1v) is 7.97. The van der Waals surface area contributed by atoms with Crippen molar-refractivity contribution in [2.24, 2.45) is 5.41 Å². The largest absolute Gasteiger partial charge is 0.481 e. The van der Waals surface area contributed by atoms with Crippen LogP contribution in [0.25, 0.3) is 5.69 Å². The summed E-state index contributed by atoms with van der Waals surface area (Å²) in [6.07, 6.45) is -4.57. The van der Waals surface area contributed by atoms with E-state index in [2.05, 4.69) is 5.10 Å². The first-order chi connectivity index (χ1) is 12.6. The molecular weight excluding hydrogens is 370 g/mol. The van der Waals surface area contributed by atoms with Crippen molar-refractivity contribution in [2.75, 3.05) is 13.1 Å². The quantitative estimate of drug-likeness (QED) is 0.825. The van der Waals surface area contributed by atoms with Crippen LogP contribution in [0.4, 0.5) is 17.6 Å². The van der Waals surface area contributed by atoms with E-state index in [1.165, 1.54) is 29.8 Å². The summed E-state index contributed by atoms with van der Waals surface area (Å²) in [6.45, 7) is 0.154. The molecule has 6 nitrogen and oxygen atoms in total. The minimum atomic E-state index is -4.99. The van der Waals surface area contributed by atoms with Crippen molar-refractivity contribution in [3.8, 4) is 5.69 Å². The molecule has 1 atom stereocenters. The lowest BCUT2D eigenvalue weighted by Crippen LogP contribution is -2.47. The molecule has 1 N–H and O–H groups in total. The fourth-order valence-electron chi connectivity index (χ4n) is 3.17. The fraction of sp³-hybridized carbons (Fsp3) is 0.353. The number of nitrogens with zero attached hydrogens (tertiary/aromatic N) is 3. The van der Waals surface area contributed by atoms with Crippen LogP contribution in [0.15, 0.2) is 30.5 Å². The zero-order valence-electron chi connectivity index (χ0n) is 14.1. The van der Waals surface area contributed by atoms with Crippen molar-refractivity contribution in [1.29, 1.82) is 0 Å². The number of aromatic nitrogens is 2. The van der Waals surface area contributed by atoms with Gasteiger partial charge in [-0.05, 0) is 25.5 Å². The topological polar surface area (TPSA) is 75.4 Å². The third-order valence-electron chi connectivity index (χ3n) is 4.83. The van der Waals surface area contributed by atoms with Crippen LogP contribution < -0.4 is 0 Å². The van der Waals surface area contributed by atoms with Gasteiger partial charge in [0.05, 0.1) is 17.5 Å². The van der Waals surface area contributed by atoms with Crippen molar-refractivity contribution in [1.82, 2.24) is 14.7 Å². The molecule has 2 aromatic rings. The third-order valence-corrected chi connectivity index (χ3v) is 4.83. The summed E-state index contributed by atoms with van der Waals surface area (Å²) < 4.78 is 54.9. The Morgan fingerprint density at radius 1 is 1.26 bits per heavy atom. The summed E-state index contributed by atoms with van der Waals surface area (Å²) >= 11 is 0. The van der Waals surface area contributed by atoms with E-state index in [0.717, 1.165) is 11.1 Å². The van der Waals surface area contributed by atoms with E-state index in [1.807, 2.05) is 0 Å². The maximum Gasteiger partial charge on any atom is 0.406 e. The number of carbonyl (C=O) groups excluding carboxylic acids is 1. The average Bonchev–Trinajstić information content (AvgIpc) is 3.19. The Hall–Kier alpha value is -2.91. The summed E-state index contributed by atoms with van der Waals surface area (Å²) in [7, 11) is 0. The maximum atomic E-state index is 13.9. The Morgan fingerprint density at radius 2 is 1.93 bits per heavy atom. The first-order valence-electron chi connectivity index (χ1n) is 7.97. The fourth-order valence-corrected chi connectivity index (χ4v) is 3.17. The van der Waals surface area contributed by atoms with E-state index in [-0.39, 0.29) is 23.5 Å². The molecule has 1 amide bonds. The van der Waals surface area contributed by atoms with Gasteiger partial charge in [-0.25, -0.2) is 9.07 Å². The molecule has 1 unspecified atom stereocenters. The highest BCUT2D eigenvalue weighted by Gasteiger charge is 2.64. The van der Waals surface area contributed by atoms with Crippen LogP contribution in [0.1, 0.15) is 22.5 Å². The predicted octanol–water partition coefficient (Wildman–Crippen LogP) is 2.80. The van der Waals surface area contributed by atoms with Crippen LogP contribution >= 0.6 is 0 Å². The number of amides is 1. The van der Waals surface area contributed by atoms with Crippen molar-refractivity contribution in [2.45, 2.75) is 19.5 Å². The molecular formula is C17H15F4N3O3. The van der Waals surface area contributed by atoms with Gasteiger partial charge in [0, 0.05) is 13.1 Å². The monoisotopic (exact) mass is 385 g/mol. The van der Waals surface area contributed by atoms with Crippen molar-refractivity contribution < 1.29 is 32.3 Å². The molecule has 3 rings (SSSR count). The minimum absolute atomic E-state index is 0.0124. The first kappa shape index (κ1) is 18.9. The van der Waals surface area contributed by atoms with Gasteiger partial charge in [0.1, 0.15) is 11.5 Å². The number of para-hydroxylation sites is 1. The zero-order chi connectivity index (χ0) is 20.0. The predicted molar refractivity (Wildman–Crippen MR) is 84.9 cm³/mol. The number of hydrogen-bond donors (Lipinski definition) is 1. The van der Waals surface area contributed by atoms with E-state index >= 15 is 0 Å². The molecule has 0 radical (unpaired) electrons. The molecule has 0 bridgehead atoms. The highest BCUT2D eigenvalue weighted by molar-refractivity contribution is 5.96. The third kappa shape index (κ3) is 2.94. The number of halogens is 4. The minimum Gasteiger partial charge on any atom is -0.481 e. The molecule has 1 fully saturated rings. The van der Waals surface area contributed by atoms with Crippen molar-refractivity contribution in [3.05, 3.63) is 47.5 Å². The highest BCUT2D eigenvalue weighted by Crippen LogP contribution is 2.46. The number of carboxylic acid groups (broad SMARTS) is 1. The van der Waals surface area contributed by atoms with Gasteiger partial charge >= 0.3 is 12.1 Å². The van der Waals surface area contributed by atoms with Gasteiger partial charge in [-0.1, -0.05) is 12.1 Å². The average molecular weight is 385 g/mol. The summed E-state index contributed by atoms with van der Waals surface area (Å²) in [4.78, 5) is 24.8. The lowest BCUT2D eigenvalue weighted by atomic mass is 9.86. The molecule has 1 aromatic carbocycles. The molecule has 2 heterocycles. The molecule has 1 aliphatic heterocycles. The summed E-state index contributed by atoms with van der Waals surface area (Å²) in [5, 5.41) is 13.0. The van der Waals surface area contributed by atoms with Crippen molar-refractivity contribution >= 4 is 11.9 Å². The Balaban J connectivity index is 1.90. The van der Waals surface area contributed by atoms with E-state index in [0.29, 0.717) is 0 Å². The second-order valence-electron chi connectivity index (χ2n) is 6.37. The van der Waals surface area contributed by atoms with Crippen LogP contribution in [0.5, 0.6) is 0 Å². The van der Waals surface area contributed by atoms with Gasteiger partial charge in [0.15, 0.2) is 5.41 Å². The van der Waals surface area contributed by atoms with Crippen molar-refractivity contribution in [3.63, 3.8) is 0 Å². The normalized spacial score (nSPS) is 20.1. The SMILES string of the molecule is Cc1c(C(=O)N2CCC(C(=O)O)(C(F)(F)F)C2)cnn1-c1ccccc1F. The number of carbonyl (C=O) groups is 2. The van der Waals surface area contributed by atoms with Gasteiger partial charge in [0.25, 0.3) is 5.91 Å². The Kier molecular flexibility index (Phi) is 4.44. The lowest BCUT2D eigenvalue weighted by Gasteiger charge is -2.27. The van der Waals surface area contributed by atoms with Crippen LogP contribution in [-0.2, 0) is 4.79 Å². The Labute approximate surface area is 151 Å². The molecule has 1 aromatic heterocycles. The molecule has 0 saturated carbocycles. The smallest absolute Gasteiger partial charge is 0.406 e. The Bertz CT molecular complexity index is 909. The standard InChI is InChI=1S/C17H15F4N3O3/c1-10-11(8-22-24(10)13-5-3-2-4-12(13)18)14(25)23-7-6-16(9-23,15(26)27)17(19,20)21/h2-5,8H,6-7,9H2,1H3,(H,26,27).